The lowest BCUT2D eigenvalue weighted by Gasteiger charge is -2.36. The molecule has 10 heteroatoms. The van der Waals surface area contributed by atoms with E-state index >= 15 is 0 Å². The SMILES string of the molecule is COc1cc(OC)c(OC)cc1CNC(=O)CN1CCN(C(=O)C2COc3ccccc3O2)CC1. The van der Waals surface area contributed by atoms with Crippen LogP contribution in [0.2, 0.25) is 0 Å². The van der Waals surface area contributed by atoms with Gasteiger partial charge in [0.2, 0.25) is 12.0 Å². The predicted molar refractivity (Wildman–Crippen MR) is 127 cm³/mol. The molecule has 10 nitrogen and oxygen atoms in total. The second-order valence-corrected chi connectivity index (χ2v) is 8.26. The van der Waals surface area contributed by atoms with E-state index in [9.17, 15) is 9.59 Å². The van der Waals surface area contributed by atoms with E-state index in [1.54, 1.807) is 44.4 Å². The molecule has 2 aliphatic rings. The number of ether oxygens (including phenoxy) is 5. The topological polar surface area (TPSA) is 98.8 Å². The fourth-order valence-corrected chi connectivity index (χ4v) is 4.15. The first-order valence-electron chi connectivity index (χ1n) is 11.5. The first-order chi connectivity index (χ1) is 17.0. The molecular weight excluding hydrogens is 454 g/mol. The van der Waals surface area contributed by atoms with Crippen molar-refractivity contribution in [2.45, 2.75) is 12.6 Å². The molecule has 1 unspecified atom stereocenters. The average molecular weight is 486 g/mol. The highest BCUT2D eigenvalue weighted by molar-refractivity contribution is 5.82. The molecule has 4 rings (SSSR count). The summed E-state index contributed by atoms with van der Waals surface area (Å²) < 4.78 is 27.6. The summed E-state index contributed by atoms with van der Waals surface area (Å²) in [4.78, 5) is 29.3. The van der Waals surface area contributed by atoms with Crippen molar-refractivity contribution in [3.8, 4) is 28.7 Å². The summed E-state index contributed by atoms with van der Waals surface area (Å²) in [5.74, 6) is 2.75. The fraction of sp³-hybridized carbons (Fsp3) is 0.440. The molecule has 0 bridgehead atoms. The summed E-state index contributed by atoms with van der Waals surface area (Å²) in [6, 6.07) is 10.8. The number of hydrogen-bond donors (Lipinski definition) is 1. The monoisotopic (exact) mass is 485 g/mol. The highest BCUT2D eigenvalue weighted by Gasteiger charge is 2.33. The maximum atomic E-state index is 12.9. The summed E-state index contributed by atoms with van der Waals surface area (Å²) in [6.45, 7) is 2.98. The van der Waals surface area contributed by atoms with Crippen LogP contribution in [0.4, 0.5) is 0 Å². The van der Waals surface area contributed by atoms with Crippen LogP contribution in [-0.4, -0.2) is 88.4 Å². The molecule has 1 atom stereocenters. The van der Waals surface area contributed by atoms with Gasteiger partial charge in [0.1, 0.15) is 12.4 Å². The summed E-state index contributed by atoms with van der Waals surface area (Å²) >= 11 is 0. The molecule has 2 heterocycles. The Hall–Kier alpha value is -3.66. The number of amides is 2. The van der Waals surface area contributed by atoms with E-state index < -0.39 is 6.10 Å². The predicted octanol–water partition coefficient (Wildman–Crippen LogP) is 1.31. The number of rotatable bonds is 8. The molecule has 2 aromatic rings. The van der Waals surface area contributed by atoms with Crippen molar-refractivity contribution >= 4 is 11.8 Å². The van der Waals surface area contributed by atoms with Crippen molar-refractivity contribution < 1.29 is 33.3 Å². The molecule has 0 aromatic heterocycles. The third-order valence-corrected chi connectivity index (χ3v) is 6.10. The maximum Gasteiger partial charge on any atom is 0.267 e. The Morgan fingerprint density at radius 3 is 2.29 bits per heavy atom. The standard InChI is InChI=1S/C25H31N3O7/c1-31-20-13-22(33-3)21(32-2)12-17(20)14-26-24(29)15-27-8-10-28(11-9-27)25(30)23-16-34-18-6-4-5-7-19(18)35-23/h4-7,12-13,23H,8-11,14-16H2,1-3H3,(H,26,29). The van der Waals surface area contributed by atoms with Gasteiger partial charge in [-0.1, -0.05) is 12.1 Å². The van der Waals surface area contributed by atoms with Crippen molar-refractivity contribution in [3.63, 3.8) is 0 Å². The van der Waals surface area contributed by atoms with Crippen molar-refractivity contribution in [1.82, 2.24) is 15.1 Å². The minimum Gasteiger partial charge on any atom is -0.496 e. The number of hydrogen-bond acceptors (Lipinski definition) is 8. The molecule has 1 saturated heterocycles. The molecule has 1 N–H and O–H groups in total. The summed E-state index contributed by atoms with van der Waals surface area (Å²) in [5, 5.41) is 2.93. The van der Waals surface area contributed by atoms with Gasteiger partial charge < -0.3 is 33.9 Å². The fourth-order valence-electron chi connectivity index (χ4n) is 4.15. The van der Waals surface area contributed by atoms with Gasteiger partial charge in [-0.05, 0) is 18.2 Å². The van der Waals surface area contributed by atoms with Crippen molar-refractivity contribution in [2.75, 3.05) is 60.7 Å². The molecule has 0 radical (unpaired) electrons. The first kappa shape index (κ1) is 24.5. The normalized spacial score (nSPS) is 17.5. The quantitative estimate of drug-likeness (QED) is 0.598. The van der Waals surface area contributed by atoms with Crippen molar-refractivity contribution in [3.05, 3.63) is 42.0 Å². The van der Waals surface area contributed by atoms with Gasteiger partial charge in [-0.25, -0.2) is 0 Å². The van der Waals surface area contributed by atoms with Crippen LogP contribution < -0.4 is 29.0 Å². The molecular formula is C25H31N3O7. The molecule has 2 aliphatic heterocycles. The lowest BCUT2D eigenvalue weighted by molar-refractivity contribution is -0.143. The summed E-state index contributed by atoms with van der Waals surface area (Å²) in [6.07, 6.45) is -0.656. The zero-order chi connectivity index (χ0) is 24.8. The zero-order valence-corrected chi connectivity index (χ0v) is 20.2. The van der Waals surface area contributed by atoms with Crippen LogP contribution in [0.3, 0.4) is 0 Å². The molecule has 2 amide bonds. The van der Waals surface area contributed by atoms with Crippen molar-refractivity contribution in [2.24, 2.45) is 0 Å². The third-order valence-electron chi connectivity index (χ3n) is 6.10. The van der Waals surface area contributed by atoms with Crippen LogP contribution in [0.1, 0.15) is 5.56 Å². The number of benzene rings is 2. The van der Waals surface area contributed by atoms with E-state index in [1.807, 2.05) is 23.1 Å². The van der Waals surface area contributed by atoms with Crippen LogP contribution in [0.5, 0.6) is 28.7 Å². The number of nitrogens with zero attached hydrogens (tertiary/aromatic N) is 2. The summed E-state index contributed by atoms with van der Waals surface area (Å²) in [7, 11) is 4.68. The van der Waals surface area contributed by atoms with E-state index in [0.29, 0.717) is 61.5 Å². The number of para-hydroxylation sites is 2. The largest absolute Gasteiger partial charge is 0.496 e. The van der Waals surface area contributed by atoms with E-state index in [-0.39, 0.29) is 25.0 Å². The van der Waals surface area contributed by atoms with Gasteiger partial charge in [-0.2, -0.15) is 0 Å². The van der Waals surface area contributed by atoms with Gasteiger partial charge in [0.15, 0.2) is 23.0 Å². The van der Waals surface area contributed by atoms with Crippen molar-refractivity contribution in [1.29, 1.82) is 0 Å². The van der Waals surface area contributed by atoms with E-state index in [2.05, 4.69) is 5.32 Å². The van der Waals surface area contributed by atoms with E-state index in [0.717, 1.165) is 5.56 Å². The average Bonchev–Trinajstić information content (AvgIpc) is 2.91. The van der Waals surface area contributed by atoms with Crippen LogP contribution in [0.15, 0.2) is 36.4 Å². The van der Waals surface area contributed by atoms with Crippen LogP contribution in [-0.2, 0) is 16.1 Å². The zero-order valence-electron chi connectivity index (χ0n) is 20.2. The molecule has 35 heavy (non-hydrogen) atoms. The Morgan fingerprint density at radius 2 is 1.60 bits per heavy atom. The second kappa shape index (κ2) is 11.2. The van der Waals surface area contributed by atoms with E-state index in [1.165, 1.54) is 0 Å². The minimum absolute atomic E-state index is 0.0934. The Kier molecular flexibility index (Phi) is 7.81. The molecule has 0 aliphatic carbocycles. The highest BCUT2D eigenvalue weighted by Crippen LogP contribution is 2.34. The first-order valence-corrected chi connectivity index (χ1v) is 11.5. The second-order valence-electron chi connectivity index (χ2n) is 8.26. The number of fused-ring (bicyclic) bond motifs is 1. The molecule has 1 fully saturated rings. The maximum absolute atomic E-state index is 12.9. The number of carbonyl (C=O) groups excluding carboxylic acids is 2. The molecule has 188 valence electrons. The van der Waals surface area contributed by atoms with Gasteiger partial charge in [0.25, 0.3) is 5.91 Å². The van der Waals surface area contributed by atoms with Gasteiger partial charge in [0.05, 0.1) is 27.9 Å². The number of methoxy groups -OCH3 is 3. The smallest absolute Gasteiger partial charge is 0.267 e. The third kappa shape index (κ3) is 5.71. The lowest BCUT2D eigenvalue weighted by atomic mass is 10.1. The Labute approximate surface area is 204 Å². The Bertz CT molecular complexity index is 1050. The highest BCUT2D eigenvalue weighted by atomic mass is 16.6. The van der Waals surface area contributed by atoms with Gasteiger partial charge >= 0.3 is 0 Å². The van der Waals surface area contributed by atoms with Gasteiger partial charge in [-0.3, -0.25) is 14.5 Å². The Balaban J connectivity index is 1.24. The Morgan fingerprint density at radius 1 is 0.943 bits per heavy atom. The van der Waals surface area contributed by atoms with Gasteiger partial charge in [-0.15, -0.1) is 0 Å². The van der Waals surface area contributed by atoms with E-state index in [4.69, 9.17) is 23.7 Å². The number of nitrogens with one attached hydrogen (secondary N) is 1. The van der Waals surface area contributed by atoms with Crippen LogP contribution in [0.25, 0.3) is 0 Å². The van der Waals surface area contributed by atoms with Crippen LogP contribution >= 0.6 is 0 Å². The molecule has 2 aromatic carbocycles. The number of carbonyl (C=O) groups is 2. The summed E-state index contributed by atoms with van der Waals surface area (Å²) in [5.41, 5.74) is 0.783. The van der Waals surface area contributed by atoms with Crippen LogP contribution in [0, 0.1) is 0 Å². The van der Waals surface area contributed by atoms with Gasteiger partial charge in [0, 0.05) is 44.4 Å². The minimum atomic E-state index is -0.656. The number of piperazine rings is 1. The molecule has 0 saturated carbocycles. The lowest BCUT2D eigenvalue weighted by Crippen LogP contribution is -2.55. The molecule has 0 spiro atoms.